The summed E-state index contributed by atoms with van der Waals surface area (Å²) in [4.78, 5) is 33.0. The Hall–Kier alpha value is -3.24. The number of fused-ring (bicyclic) bond motifs is 1. The third-order valence-electron chi connectivity index (χ3n) is 7.69. The number of hydrogen-bond acceptors (Lipinski definition) is 8. The van der Waals surface area contributed by atoms with Crippen LogP contribution in [0.5, 0.6) is 11.8 Å². The molecule has 10 nitrogen and oxygen atoms in total. The molecule has 1 amide bonds. The van der Waals surface area contributed by atoms with Gasteiger partial charge in [0.1, 0.15) is 29.5 Å². The van der Waals surface area contributed by atoms with Gasteiger partial charge in [0.05, 0.1) is 7.11 Å². The van der Waals surface area contributed by atoms with E-state index in [-0.39, 0.29) is 17.9 Å². The van der Waals surface area contributed by atoms with E-state index in [4.69, 9.17) is 9.47 Å². The van der Waals surface area contributed by atoms with Crippen LogP contribution in [0.1, 0.15) is 52.4 Å². The Kier molecular flexibility index (Phi) is 9.16. The van der Waals surface area contributed by atoms with E-state index >= 15 is 0 Å². The third-order valence-corrected chi connectivity index (χ3v) is 7.69. The zero-order valence-corrected chi connectivity index (χ0v) is 24.3. The second-order valence-corrected chi connectivity index (χ2v) is 11.4. The fraction of sp³-hybridized carbons (Fsp3) is 0.600. The van der Waals surface area contributed by atoms with Gasteiger partial charge in [0.25, 0.3) is 0 Å². The fourth-order valence-electron chi connectivity index (χ4n) is 4.36. The molecule has 7 rings (SSSR count). The summed E-state index contributed by atoms with van der Waals surface area (Å²) in [6.07, 6.45) is 10.4. The quantitative estimate of drug-likeness (QED) is 0.441. The smallest absolute Gasteiger partial charge is 0.228 e. The molecule has 0 radical (unpaired) electrons. The SMILES string of the molecule is CC1CC1.CCN1CCN(C)CC1.COc1ncnc(OC2CC2)c1-c1c[nH]c2nc(NC(=O)C3CC3)ccc12. The standard InChI is InChI=1S/C19H19N5O3.C7H16N2.C4H8/c1-26-18-15(19(22-9-21-18)27-11-4-5-11)13-8-20-16-12(13)6-7-14(23-16)24-17(25)10-2-3-10;1-3-9-6-4-8(2)5-7-9;1-4-2-3-4/h6-11H,2-5H2,1H3,(H2,20,23,24,25);3-7H2,1-2H3;4H,2-3H2,1H3. The van der Waals surface area contributed by atoms with Crippen LogP contribution >= 0.6 is 0 Å². The number of nitrogens with one attached hydrogen (secondary N) is 2. The molecule has 3 aromatic rings. The van der Waals surface area contributed by atoms with E-state index in [1.165, 1.54) is 51.9 Å². The lowest BCUT2D eigenvalue weighted by atomic mass is 10.1. The number of anilines is 1. The normalized spacial score (nSPS) is 19.2. The highest BCUT2D eigenvalue weighted by Gasteiger charge is 2.30. The lowest BCUT2D eigenvalue weighted by Crippen LogP contribution is -2.44. The first kappa shape index (κ1) is 28.3. The number of carbonyl (C=O) groups is 1. The average molecular weight is 550 g/mol. The minimum atomic E-state index is 0.0341. The van der Waals surface area contributed by atoms with Crippen molar-refractivity contribution in [2.75, 3.05) is 52.2 Å². The molecule has 0 bridgehead atoms. The molecule has 4 fully saturated rings. The molecule has 4 heterocycles. The van der Waals surface area contributed by atoms with Gasteiger partial charge < -0.3 is 29.6 Å². The van der Waals surface area contributed by atoms with E-state index in [0.717, 1.165) is 42.6 Å². The van der Waals surface area contributed by atoms with E-state index in [9.17, 15) is 4.79 Å². The van der Waals surface area contributed by atoms with Crippen molar-refractivity contribution < 1.29 is 14.3 Å². The van der Waals surface area contributed by atoms with Gasteiger partial charge in [-0.25, -0.2) is 15.0 Å². The lowest BCUT2D eigenvalue weighted by Gasteiger charge is -2.31. The monoisotopic (exact) mass is 549 g/mol. The number of hydrogen-bond donors (Lipinski definition) is 2. The first-order chi connectivity index (χ1) is 19.4. The maximum absolute atomic E-state index is 12.0. The molecule has 40 heavy (non-hydrogen) atoms. The van der Waals surface area contributed by atoms with Crippen molar-refractivity contribution >= 4 is 22.8 Å². The first-order valence-electron chi connectivity index (χ1n) is 14.7. The van der Waals surface area contributed by atoms with Crippen LogP contribution in [0.25, 0.3) is 22.2 Å². The Morgan fingerprint density at radius 2 is 1.75 bits per heavy atom. The van der Waals surface area contributed by atoms with Crippen LogP contribution in [-0.4, -0.2) is 88.6 Å². The zero-order valence-electron chi connectivity index (χ0n) is 24.3. The fourth-order valence-corrected chi connectivity index (χ4v) is 4.36. The van der Waals surface area contributed by atoms with Gasteiger partial charge in [-0.3, -0.25) is 4.79 Å². The van der Waals surface area contributed by atoms with Crippen molar-refractivity contribution in [1.82, 2.24) is 29.7 Å². The minimum absolute atomic E-state index is 0.0341. The first-order valence-corrected chi connectivity index (χ1v) is 14.7. The Labute approximate surface area is 236 Å². The number of methoxy groups -OCH3 is 1. The topological polar surface area (TPSA) is 108 Å². The van der Waals surface area contributed by atoms with Gasteiger partial charge in [0, 0.05) is 49.2 Å². The molecule has 0 unspecified atom stereocenters. The van der Waals surface area contributed by atoms with Crippen LogP contribution in [-0.2, 0) is 4.79 Å². The maximum atomic E-state index is 12.0. The van der Waals surface area contributed by atoms with Gasteiger partial charge in [-0.05, 0) is 57.3 Å². The van der Waals surface area contributed by atoms with E-state index in [1.54, 1.807) is 13.2 Å². The highest BCUT2D eigenvalue weighted by Crippen LogP contribution is 2.41. The average Bonchev–Trinajstić information content (AvgIpc) is 3.83. The molecule has 2 N–H and O–H groups in total. The van der Waals surface area contributed by atoms with Crippen LogP contribution in [0.2, 0.25) is 0 Å². The van der Waals surface area contributed by atoms with Crippen molar-refractivity contribution in [1.29, 1.82) is 0 Å². The van der Waals surface area contributed by atoms with Crippen molar-refractivity contribution in [2.45, 2.75) is 58.5 Å². The summed E-state index contributed by atoms with van der Waals surface area (Å²) in [5, 5.41) is 3.75. The van der Waals surface area contributed by atoms with Gasteiger partial charge in [0.15, 0.2) is 0 Å². The second-order valence-electron chi connectivity index (χ2n) is 11.4. The van der Waals surface area contributed by atoms with Crippen molar-refractivity contribution in [3.63, 3.8) is 0 Å². The molecule has 0 aromatic carbocycles. The number of pyridine rings is 1. The molecule has 1 aliphatic heterocycles. The largest absolute Gasteiger partial charge is 0.480 e. The number of aromatic amines is 1. The van der Waals surface area contributed by atoms with Gasteiger partial charge >= 0.3 is 0 Å². The van der Waals surface area contributed by atoms with Crippen LogP contribution < -0.4 is 14.8 Å². The van der Waals surface area contributed by atoms with Crippen LogP contribution in [0.3, 0.4) is 0 Å². The Morgan fingerprint density at radius 1 is 1.05 bits per heavy atom. The predicted molar refractivity (Wildman–Crippen MR) is 157 cm³/mol. The number of nitrogens with zero attached hydrogens (tertiary/aromatic N) is 5. The van der Waals surface area contributed by atoms with Gasteiger partial charge in [-0.15, -0.1) is 0 Å². The number of rotatable bonds is 7. The molecule has 0 spiro atoms. The zero-order chi connectivity index (χ0) is 28.1. The summed E-state index contributed by atoms with van der Waals surface area (Å²) in [5.41, 5.74) is 2.22. The summed E-state index contributed by atoms with van der Waals surface area (Å²) in [6, 6.07) is 3.72. The number of piperazine rings is 1. The lowest BCUT2D eigenvalue weighted by molar-refractivity contribution is -0.117. The van der Waals surface area contributed by atoms with Gasteiger partial charge in [0.2, 0.25) is 17.7 Å². The summed E-state index contributed by atoms with van der Waals surface area (Å²) in [6.45, 7) is 10.7. The third kappa shape index (κ3) is 7.69. The molecular weight excluding hydrogens is 506 g/mol. The predicted octanol–water partition coefficient (Wildman–Crippen LogP) is 4.59. The highest BCUT2D eigenvalue weighted by molar-refractivity contribution is 5.98. The molecule has 216 valence electrons. The summed E-state index contributed by atoms with van der Waals surface area (Å²) in [5.74, 6) is 2.75. The van der Waals surface area contributed by atoms with Gasteiger partial charge in [-0.2, -0.15) is 0 Å². The maximum Gasteiger partial charge on any atom is 0.228 e. The van der Waals surface area contributed by atoms with E-state index in [0.29, 0.717) is 28.8 Å². The van der Waals surface area contributed by atoms with Crippen LogP contribution in [0, 0.1) is 11.8 Å². The number of H-pyrrole nitrogens is 1. The van der Waals surface area contributed by atoms with Gasteiger partial charge in [-0.1, -0.05) is 26.7 Å². The second kappa shape index (κ2) is 13.0. The number of aromatic nitrogens is 4. The van der Waals surface area contributed by atoms with Crippen molar-refractivity contribution in [3.05, 3.63) is 24.7 Å². The Balaban J connectivity index is 0.000000204. The van der Waals surface area contributed by atoms with Crippen molar-refractivity contribution in [3.8, 4) is 22.9 Å². The number of ether oxygens (including phenoxy) is 2. The number of amides is 1. The van der Waals surface area contributed by atoms with Crippen LogP contribution in [0.15, 0.2) is 24.7 Å². The molecule has 1 saturated heterocycles. The molecule has 10 heteroatoms. The van der Waals surface area contributed by atoms with E-state index < -0.39 is 0 Å². The Bertz CT molecular complexity index is 1280. The molecule has 3 saturated carbocycles. The summed E-state index contributed by atoms with van der Waals surface area (Å²) < 4.78 is 11.4. The van der Waals surface area contributed by atoms with E-state index in [1.807, 2.05) is 12.3 Å². The molecular formula is C30H43N7O3. The van der Waals surface area contributed by atoms with Crippen LogP contribution in [0.4, 0.5) is 5.82 Å². The van der Waals surface area contributed by atoms with Crippen molar-refractivity contribution in [2.24, 2.45) is 11.8 Å². The summed E-state index contributed by atoms with van der Waals surface area (Å²) >= 11 is 0. The molecule has 3 aliphatic carbocycles. The minimum Gasteiger partial charge on any atom is -0.480 e. The molecule has 4 aliphatic rings. The molecule has 3 aromatic heterocycles. The highest BCUT2D eigenvalue weighted by atomic mass is 16.5. The molecule has 0 atom stereocenters. The summed E-state index contributed by atoms with van der Waals surface area (Å²) in [7, 11) is 3.76. The van der Waals surface area contributed by atoms with E-state index in [2.05, 4.69) is 55.9 Å². The number of carbonyl (C=O) groups excluding carboxylic acids is 1. The Morgan fingerprint density at radius 3 is 2.35 bits per heavy atom. The number of likely N-dealkylation sites (N-methyl/N-ethyl adjacent to an activating group) is 2.